The number of carbonyl (C=O) groups is 1. The third-order valence-electron chi connectivity index (χ3n) is 4.71. The number of sulfonamides is 2. The molecule has 2 aromatic carbocycles. The van der Waals surface area contributed by atoms with Crippen LogP contribution in [0.1, 0.15) is 30.1 Å². The van der Waals surface area contributed by atoms with Crippen LogP contribution in [-0.4, -0.2) is 48.8 Å². The lowest BCUT2D eigenvalue weighted by Crippen LogP contribution is -2.37. The van der Waals surface area contributed by atoms with Crippen molar-refractivity contribution < 1.29 is 31.1 Å². The van der Waals surface area contributed by atoms with Crippen LogP contribution in [0.5, 0.6) is 5.75 Å². The molecule has 11 heteroatoms. The molecule has 1 saturated heterocycles. The highest BCUT2D eigenvalue weighted by Crippen LogP contribution is 2.33. The average molecular weight is 469 g/mol. The van der Waals surface area contributed by atoms with Crippen LogP contribution in [0.25, 0.3) is 0 Å². The Bertz CT molecular complexity index is 1160. The van der Waals surface area contributed by atoms with E-state index < -0.39 is 26.0 Å². The summed E-state index contributed by atoms with van der Waals surface area (Å²) >= 11 is 0. The van der Waals surface area contributed by atoms with Crippen LogP contribution in [0.2, 0.25) is 0 Å². The molecule has 0 amide bonds. The summed E-state index contributed by atoms with van der Waals surface area (Å²) in [5.41, 5.74) is 0.772. The molecule has 0 spiro atoms. The van der Waals surface area contributed by atoms with Crippen molar-refractivity contribution >= 4 is 37.4 Å². The second kappa shape index (κ2) is 9.15. The fraction of sp³-hybridized carbons (Fsp3) is 0.350. The summed E-state index contributed by atoms with van der Waals surface area (Å²) in [5.74, 6) is -0.407. The van der Waals surface area contributed by atoms with Gasteiger partial charge >= 0.3 is 5.97 Å². The number of anilines is 2. The lowest BCUT2D eigenvalue weighted by molar-refractivity contribution is 0.0600. The maximum atomic E-state index is 13.1. The molecular weight excluding hydrogens is 444 g/mol. The number of nitrogens with one attached hydrogen (secondary N) is 1. The third kappa shape index (κ3) is 5.10. The zero-order chi connectivity index (χ0) is 22.6. The molecule has 1 fully saturated rings. The first-order valence-electron chi connectivity index (χ1n) is 9.66. The molecule has 31 heavy (non-hydrogen) atoms. The van der Waals surface area contributed by atoms with E-state index in [1.165, 1.54) is 53.9 Å². The maximum absolute atomic E-state index is 13.1. The molecule has 0 saturated carbocycles. The molecule has 9 nitrogen and oxygen atoms in total. The number of rotatable bonds is 7. The van der Waals surface area contributed by atoms with Gasteiger partial charge in [0.05, 0.1) is 30.7 Å². The number of benzene rings is 2. The number of carbonyl (C=O) groups excluding carboxylic acids is 1. The van der Waals surface area contributed by atoms with Gasteiger partial charge in [-0.05, 0) is 62.2 Å². The summed E-state index contributed by atoms with van der Waals surface area (Å²) in [6.07, 6.45) is 1.27. The number of ether oxygens (including phenoxy) is 2. The van der Waals surface area contributed by atoms with E-state index in [2.05, 4.69) is 9.46 Å². The van der Waals surface area contributed by atoms with Gasteiger partial charge in [-0.1, -0.05) is 0 Å². The Morgan fingerprint density at radius 3 is 2.45 bits per heavy atom. The molecule has 0 radical (unpaired) electrons. The summed E-state index contributed by atoms with van der Waals surface area (Å²) in [7, 11) is -6.37. The van der Waals surface area contributed by atoms with Gasteiger partial charge in [0, 0.05) is 12.2 Å². The molecule has 0 aliphatic carbocycles. The van der Waals surface area contributed by atoms with Crippen LogP contribution in [0, 0.1) is 0 Å². The summed E-state index contributed by atoms with van der Waals surface area (Å²) < 4.78 is 64.9. The molecule has 1 aliphatic rings. The Hall–Kier alpha value is -2.79. The maximum Gasteiger partial charge on any atom is 0.337 e. The van der Waals surface area contributed by atoms with Gasteiger partial charge in [0.25, 0.3) is 10.0 Å². The Morgan fingerprint density at radius 2 is 1.84 bits per heavy atom. The van der Waals surface area contributed by atoms with Gasteiger partial charge in [0.2, 0.25) is 10.0 Å². The van der Waals surface area contributed by atoms with Gasteiger partial charge in [-0.25, -0.2) is 21.6 Å². The summed E-state index contributed by atoms with van der Waals surface area (Å²) in [5, 5.41) is 0. The number of esters is 1. The van der Waals surface area contributed by atoms with Gasteiger partial charge in [-0.2, -0.15) is 0 Å². The lowest BCUT2D eigenvalue weighted by Gasteiger charge is -2.28. The van der Waals surface area contributed by atoms with E-state index in [9.17, 15) is 21.6 Å². The SMILES string of the molecule is CCOc1ccc(N2CCCCS2(=O)=O)cc1S(=O)(=O)Nc1ccc(C(=O)OC)cc1. The van der Waals surface area contributed by atoms with E-state index >= 15 is 0 Å². The monoisotopic (exact) mass is 468 g/mol. The highest BCUT2D eigenvalue weighted by Gasteiger charge is 2.29. The van der Waals surface area contributed by atoms with E-state index in [0.29, 0.717) is 12.8 Å². The summed E-state index contributed by atoms with van der Waals surface area (Å²) in [6.45, 7) is 2.24. The third-order valence-corrected chi connectivity index (χ3v) is 7.98. The number of hydrogen-bond donors (Lipinski definition) is 1. The van der Waals surface area contributed by atoms with Crippen molar-refractivity contribution in [1.82, 2.24) is 0 Å². The summed E-state index contributed by atoms with van der Waals surface area (Å²) in [4.78, 5) is 11.4. The van der Waals surface area contributed by atoms with Crippen molar-refractivity contribution in [3.63, 3.8) is 0 Å². The molecule has 1 heterocycles. The van der Waals surface area contributed by atoms with Gasteiger partial charge in [-0.15, -0.1) is 0 Å². The zero-order valence-corrected chi connectivity index (χ0v) is 18.8. The zero-order valence-electron chi connectivity index (χ0n) is 17.2. The van der Waals surface area contributed by atoms with Crippen molar-refractivity contribution in [3.05, 3.63) is 48.0 Å². The quantitative estimate of drug-likeness (QED) is 0.620. The van der Waals surface area contributed by atoms with Gasteiger partial charge < -0.3 is 9.47 Å². The molecule has 1 aliphatic heterocycles. The standard InChI is InChI=1S/C20H24N2O7S2/c1-3-29-18-11-10-17(22-12-4-5-13-30(22,24)25)14-19(18)31(26,27)21-16-8-6-15(7-9-16)20(23)28-2/h6-11,14,21H,3-5,12-13H2,1-2H3. The molecule has 0 aromatic heterocycles. The predicted octanol–water partition coefficient (Wildman–Crippen LogP) is 2.60. The lowest BCUT2D eigenvalue weighted by atomic mass is 10.2. The van der Waals surface area contributed by atoms with Crippen LogP contribution in [-0.2, 0) is 24.8 Å². The summed E-state index contributed by atoms with van der Waals surface area (Å²) in [6, 6.07) is 10.0. The van der Waals surface area contributed by atoms with Crippen LogP contribution in [0.4, 0.5) is 11.4 Å². The Labute approximate surface area is 182 Å². The van der Waals surface area contributed by atoms with Crippen molar-refractivity contribution in [2.45, 2.75) is 24.7 Å². The second-order valence-corrected chi connectivity index (χ2v) is 10.5. The molecule has 0 unspecified atom stereocenters. The van der Waals surface area contributed by atoms with E-state index in [0.717, 1.165) is 0 Å². The van der Waals surface area contributed by atoms with Gasteiger partial charge in [0.15, 0.2) is 0 Å². The molecule has 3 rings (SSSR count). The first kappa shape index (κ1) is 22.9. The average Bonchev–Trinajstić information content (AvgIpc) is 2.74. The van der Waals surface area contributed by atoms with Crippen molar-refractivity contribution in [2.75, 3.05) is 35.0 Å². The van der Waals surface area contributed by atoms with Crippen molar-refractivity contribution in [1.29, 1.82) is 0 Å². The first-order valence-corrected chi connectivity index (χ1v) is 12.8. The van der Waals surface area contributed by atoms with E-state index in [4.69, 9.17) is 4.74 Å². The second-order valence-electron chi connectivity index (χ2n) is 6.83. The smallest absolute Gasteiger partial charge is 0.337 e. The molecule has 1 N–H and O–H groups in total. The molecule has 168 valence electrons. The highest BCUT2D eigenvalue weighted by molar-refractivity contribution is 7.93. The minimum Gasteiger partial charge on any atom is -0.492 e. The minimum absolute atomic E-state index is 0.0209. The Morgan fingerprint density at radius 1 is 1.13 bits per heavy atom. The largest absolute Gasteiger partial charge is 0.492 e. The molecule has 0 bridgehead atoms. The van der Waals surface area contributed by atoms with Crippen molar-refractivity contribution in [2.24, 2.45) is 0 Å². The first-order chi connectivity index (χ1) is 14.7. The number of hydrogen-bond acceptors (Lipinski definition) is 7. The minimum atomic E-state index is -4.12. The normalized spacial score (nSPS) is 15.9. The fourth-order valence-corrected chi connectivity index (χ4v) is 6.07. The number of methoxy groups -OCH3 is 1. The topological polar surface area (TPSA) is 119 Å². The van der Waals surface area contributed by atoms with Crippen LogP contribution in [0.15, 0.2) is 47.4 Å². The predicted molar refractivity (Wildman–Crippen MR) is 117 cm³/mol. The number of nitrogens with zero attached hydrogens (tertiary/aromatic N) is 1. The molecular formula is C20H24N2O7S2. The van der Waals surface area contributed by atoms with E-state index in [1.807, 2.05) is 0 Å². The van der Waals surface area contributed by atoms with Gasteiger partial charge in [-0.3, -0.25) is 9.03 Å². The van der Waals surface area contributed by atoms with Crippen molar-refractivity contribution in [3.8, 4) is 5.75 Å². The van der Waals surface area contributed by atoms with Crippen LogP contribution >= 0.6 is 0 Å². The molecule has 0 atom stereocenters. The highest BCUT2D eigenvalue weighted by atomic mass is 32.2. The van der Waals surface area contributed by atoms with E-state index in [1.54, 1.807) is 6.92 Å². The van der Waals surface area contributed by atoms with Gasteiger partial charge in [0.1, 0.15) is 10.6 Å². The van der Waals surface area contributed by atoms with Crippen LogP contribution in [0.3, 0.4) is 0 Å². The molecule has 2 aromatic rings. The fourth-order valence-electron chi connectivity index (χ4n) is 3.22. The Balaban J connectivity index is 1.97. The van der Waals surface area contributed by atoms with Crippen LogP contribution < -0.4 is 13.8 Å². The Kier molecular flexibility index (Phi) is 6.75. The van der Waals surface area contributed by atoms with E-state index in [-0.39, 0.29) is 46.5 Å².